The van der Waals surface area contributed by atoms with Crippen molar-refractivity contribution < 1.29 is 14.0 Å². The highest BCUT2D eigenvalue weighted by molar-refractivity contribution is 6.99. The number of aromatic nitrogens is 4. The molecule has 0 bridgehead atoms. The third kappa shape index (κ3) is 5.56. The Hall–Kier alpha value is -4.02. The van der Waals surface area contributed by atoms with Crippen LogP contribution in [0, 0.1) is 5.92 Å². The molecule has 2 heterocycles. The molecular formula is C32H39N5O4Si. The summed E-state index contributed by atoms with van der Waals surface area (Å²) in [4.78, 5) is 36.4. The Labute approximate surface area is 247 Å². The zero-order valence-corrected chi connectivity index (χ0v) is 26.1. The van der Waals surface area contributed by atoms with E-state index in [4.69, 9.17) is 9.16 Å². The molecule has 0 aliphatic heterocycles. The molecule has 0 saturated heterocycles. The number of hydrogen-bond donors (Lipinski definition) is 2. The number of carbonyl (C=O) groups excluding carboxylic acids is 1. The predicted molar refractivity (Wildman–Crippen MR) is 168 cm³/mol. The number of H-pyrrole nitrogens is 1. The van der Waals surface area contributed by atoms with Crippen LogP contribution in [0.5, 0.6) is 0 Å². The first-order valence-corrected chi connectivity index (χ1v) is 16.1. The van der Waals surface area contributed by atoms with Gasteiger partial charge < -0.3 is 13.7 Å². The molecule has 10 heteroatoms. The van der Waals surface area contributed by atoms with Crippen LogP contribution in [0.15, 0.2) is 83.9 Å². The SMILES string of the molecule is C=C1[C@H](CO[Si](c2ccccc2)(c2ccccc2)C(C)(C)C)C[C@@H]1n1cnc2c(=O)[nH]c(NC(=O)OC(C)(C)C)nc21. The van der Waals surface area contributed by atoms with E-state index in [1.54, 1.807) is 27.1 Å². The molecule has 0 unspecified atom stereocenters. The van der Waals surface area contributed by atoms with Gasteiger partial charge in [-0.05, 0) is 48.2 Å². The average Bonchev–Trinajstić information content (AvgIpc) is 3.33. The molecule has 2 aromatic carbocycles. The topological polar surface area (TPSA) is 111 Å². The quantitative estimate of drug-likeness (QED) is 0.229. The number of fused-ring (bicyclic) bond motifs is 1. The van der Waals surface area contributed by atoms with E-state index in [1.807, 2.05) is 16.7 Å². The fraction of sp³-hybridized carbons (Fsp3) is 0.375. The van der Waals surface area contributed by atoms with E-state index in [0.717, 1.165) is 12.0 Å². The second-order valence-electron chi connectivity index (χ2n) is 12.9. The van der Waals surface area contributed by atoms with Crippen molar-refractivity contribution in [2.45, 2.75) is 64.6 Å². The first kappa shape index (κ1) is 29.5. The number of nitrogens with zero attached hydrogens (tertiary/aromatic N) is 3. The summed E-state index contributed by atoms with van der Waals surface area (Å²) in [6.07, 6.45) is 1.68. The Bertz CT molecular complexity index is 1610. The highest BCUT2D eigenvalue weighted by Gasteiger charge is 2.51. The first-order valence-electron chi connectivity index (χ1n) is 14.2. The van der Waals surface area contributed by atoms with Gasteiger partial charge in [-0.3, -0.25) is 15.1 Å². The summed E-state index contributed by atoms with van der Waals surface area (Å²) in [6, 6.07) is 21.1. The van der Waals surface area contributed by atoms with Crippen LogP contribution in [0.25, 0.3) is 11.2 Å². The normalized spacial score (nSPS) is 17.6. The molecule has 1 saturated carbocycles. The van der Waals surface area contributed by atoms with Gasteiger partial charge in [0.1, 0.15) is 5.60 Å². The standard InChI is InChI=1S/C32H39N5O4Si/c1-21-22(19-40-42(32(5,6)7,23-14-10-8-11-15-23)24-16-12-9-13-17-24)18-25(21)37-20-33-26-27(37)34-29(35-28(26)38)36-30(39)41-31(2,3)4/h8-17,20,22,25H,1,18-19H2,2-7H3,(H2,34,35,36,38,39)/t22-,25-/m0/s1. The molecule has 1 amide bonds. The summed E-state index contributed by atoms with van der Waals surface area (Å²) in [6.45, 7) is 17.0. The maximum absolute atomic E-state index is 12.7. The van der Waals surface area contributed by atoms with Crippen molar-refractivity contribution in [2.75, 3.05) is 11.9 Å². The third-order valence-electron chi connectivity index (χ3n) is 7.77. The summed E-state index contributed by atoms with van der Waals surface area (Å²) in [5.74, 6) is 0.135. The number of imidazole rings is 1. The minimum Gasteiger partial charge on any atom is -0.444 e. The second-order valence-corrected chi connectivity index (χ2v) is 17.2. The van der Waals surface area contributed by atoms with E-state index < -0.39 is 25.6 Å². The minimum atomic E-state index is -2.67. The molecule has 5 rings (SSSR count). The fourth-order valence-corrected chi connectivity index (χ4v) is 10.4. The van der Waals surface area contributed by atoms with Gasteiger partial charge in [0.2, 0.25) is 5.95 Å². The number of ether oxygens (including phenoxy) is 1. The Morgan fingerprint density at radius 3 is 2.17 bits per heavy atom. The number of nitrogens with one attached hydrogen (secondary N) is 2. The van der Waals surface area contributed by atoms with Gasteiger partial charge in [-0.15, -0.1) is 0 Å². The van der Waals surface area contributed by atoms with Crippen molar-refractivity contribution in [1.29, 1.82) is 0 Å². The molecule has 1 aliphatic carbocycles. The molecule has 0 spiro atoms. The Balaban J connectivity index is 1.38. The summed E-state index contributed by atoms with van der Waals surface area (Å²) in [7, 11) is -2.67. The summed E-state index contributed by atoms with van der Waals surface area (Å²) < 4.78 is 14.3. The van der Waals surface area contributed by atoms with Crippen LogP contribution in [-0.2, 0) is 9.16 Å². The Morgan fingerprint density at radius 2 is 1.64 bits per heavy atom. The molecule has 4 aromatic rings. The van der Waals surface area contributed by atoms with Crippen molar-refractivity contribution >= 4 is 41.9 Å². The van der Waals surface area contributed by atoms with Crippen molar-refractivity contribution in [3.05, 3.63) is 89.5 Å². The Kier molecular flexibility index (Phi) is 7.71. The molecule has 2 N–H and O–H groups in total. The van der Waals surface area contributed by atoms with Crippen LogP contribution in [0.1, 0.15) is 54.0 Å². The van der Waals surface area contributed by atoms with Crippen LogP contribution >= 0.6 is 0 Å². The molecule has 42 heavy (non-hydrogen) atoms. The zero-order chi connectivity index (χ0) is 30.3. The Morgan fingerprint density at radius 1 is 1.05 bits per heavy atom. The molecule has 1 aliphatic rings. The molecule has 2 atom stereocenters. The predicted octanol–water partition coefficient (Wildman–Crippen LogP) is 5.16. The van der Waals surface area contributed by atoms with Crippen molar-refractivity contribution in [1.82, 2.24) is 19.5 Å². The highest BCUT2D eigenvalue weighted by atomic mass is 28.4. The zero-order valence-electron chi connectivity index (χ0n) is 25.1. The largest absolute Gasteiger partial charge is 0.444 e. The molecule has 9 nitrogen and oxygen atoms in total. The maximum atomic E-state index is 12.7. The number of aromatic amines is 1. The summed E-state index contributed by atoms with van der Waals surface area (Å²) >= 11 is 0. The van der Waals surface area contributed by atoms with Gasteiger partial charge in [0.15, 0.2) is 11.2 Å². The van der Waals surface area contributed by atoms with Crippen molar-refractivity contribution in [3.63, 3.8) is 0 Å². The summed E-state index contributed by atoms with van der Waals surface area (Å²) in [5.41, 5.74) is 0.440. The number of anilines is 1. The lowest BCUT2D eigenvalue weighted by molar-refractivity contribution is 0.0634. The first-order chi connectivity index (χ1) is 19.8. The molecule has 220 valence electrons. The lowest BCUT2D eigenvalue weighted by Crippen LogP contribution is -2.67. The van der Waals surface area contributed by atoms with Crippen molar-refractivity contribution in [2.24, 2.45) is 5.92 Å². The molecule has 0 radical (unpaired) electrons. The number of carbonyl (C=O) groups is 1. The smallest absolute Gasteiger partial charge is 0.414 e. The van der Waals surface area contributed by atoms with Crippen LogP contribution < -0.4 is 21.2 Å². The minimum absolute atomic E-state index is 0.00000191. The van der Waals surface area contributed by atoms with E-state index >= 15 is 0 Å². The second kappa shape index (κ2) is 11.0. The number of benzene rings is 2. The van der Waals surface area contributed by atoms with Crippen molar-refractivity contribution in [3.8, 4) is 0 Å². The van der Waals surface area contributed by atoms with Gasteiger partial charge in [0.25, 0.3) is 13.9 Å². The number of rotatable bonds is 7. The summed E-state index contributed by atoms with van der Waals surface area (Å²) in [5, 5.41) is 4.87. The van der Waals surface area contributed by atoms with E-state index in [9.17, 15) is 9.59 Å². The van der Waals surface area contributed by atoms with E-state index in [0.29, 0.717) is 12.3 Å². The monoisotopic (exact) mass is 585 g/mol. The number of amides is 1. The molecular weight excluding hydrogens is 546 g/mol. The lowest BCUT2D eigenvalue weighted by Gasteiger charge is -2.46. The molecule has 2 aromatic heterocycles. The average molecular weight is 586 g/mol. The van der Waals surface area contributed by atoms with Crippen LogP contribution in [0.2, 0.25) is 5.04 Å². The van der Waals surface area contributed by atoms with Gasteiger partial charge in [0.05, 0.1) is 12.4 Å². The van der Waals surface area contributed by atoms with E-state index in [1.165, 1.54) is 10.4 Å². The maximum Gasteiger partial charge on any atom is 0.414 e. The third-order valence-corrected chi connectivity index (χ3v) is 12.8. The van der Waals surface area contributed by atoms with Gasteiger partial charge in [0, 0.05) is 12.5 Å². The van der Waals surface area contributed by atoms with Crippen LogP contribution in [0.4, 0.5) is 10.7 Å². The van der Waals surface area contributed by atoms with Crippen LogP contribution in [0.3, 0.4) is 0 Å². The van der Waals surface area contributed by atoms with Gasteiger partial charge in [-0.25, -0.2) is 9.78 Å². The number of hydrogen-bond acceptors (Lipinski definition) is 6. The fourth-order valence-electron chi connectivity index (χ4n) is 5.75. The van der Waals surface area contributed by atoms with Gasteiger partial charge >= 0.3 is 6.09 Å². The van der Waals surface area contributed by atoms with Gasteiger partial charge in [-0.2, -0.15) is 4.98 Å². The van der Waals surface area contributed by atoms with E-state index in [2.05, 4.69) is 96.1 Å². The van der Waals surface area contributed by atoms with E-state index in [-0.39, 0.29) is 28.5 Å². The highest BCUT2D eigenvalue weighted by Crippen LogP contribution is 2.45. The van der Waals surface area contributed by atoms with Crippen LogP contribution in [-0.4, -0.2) is 46.1 Å². The lowest BCUT2D eigenvalue weighted by atomic mass is 9.76. The van der Waals surface area contributed by atoms with Gasteiger partial charge in [-0.1, -0.05) is 88.0 Å². The molecule has 1 fully saturated rings.